The van der Waals surface area contributed by atoms with Crippen LogP contribution in [0.25, 0.3) is 10.6 Å². The molecule has 0 saturated carbocycles. The molecule has 5 aromatic rings. The highest BCUT2D eigenvalue weighted by molar-refractivity contribution is 7.17. The van der Waals surface area contributed by atoms with Gasteiger partial charge in [-0.25, -0.2) is 4.98 Å². The minimum atomic E-state index is -0.240. The van der Waals surface area contributed by atoms with Crippen molar-refractivity contribution in [1.82, 2.24) is 15.0 Å². The number of amides is 3. The SMILES string of the molecule is Cc1cnc(N2CC3(CCOCC3)C2)c(C(=O)Nc2ccc(C(=O)N3CCc4cc(C(=O)Nc5ccncc5)sc4-c4ncccc43)cc2)c1. The van der Waals surface area contributed by atoms with Gasteiger partial charge in [-0.05, 0) is 98.0 Å². The van der Waals surface area contributed by atoms with E-state index in [9.17, 15) is 14.4 Å². The first-order valence-corrected chi connectivity index (χ1v) is 17.5. The Bertz CT molecular complexity index is 2090. The van der Waals surface area contributed by atoms with Crippen LogP contribution in [0.4, 0.5) is 22.9 Å². The van der Waals surface area contributed by atoms with Crippen molar-refractivity contribution < 1.29 is 19.1 Å². The zero-order valence-electron chi connectivity index (χ0n) is 27.5. The first kappa shape index (κ1) is 31.8. The predicted molar refractivity (Wildman–Crippen MR) is 193 cm³/mol. The molecule has 7 heterocycles. The zero-order valence-corrected chi connectivity index (χ0v) is 28.3. The Morgan fingerprint density at radius 2 is 1.62 bits per heavy atom. The zero-order chi connectivity index (χ0) is 34.2. The summed E-state index contributed by atoms with van der Waals surface area (Å²) in [7, 11) is 0. The molecule has 0 atom stereocenters. The van der Waals surface area contributed by atoms with Crippen molar-refractivity contribution in [3.8, 4) is 10.6 Å². The van der Waals surface area contributed by atoms with Crippen molar-refractivity contribution in [2.75, 3.05) is 53.3 Å². The Morgan fingerprint density at radius 3 is 2.40 bits per heavy atom. The molecular formula is C38H35N7O4S. The Kier molecular flexibility index (Phi) is 8.33. The summed E-state index contributed by atoms with van der Waals surface area (Å²) in [6, 6.07) is 17.9. The van der Waals surface area contributed by atoms with Gasteiger partial charge in [-0.3, -0.25) is 24.4 Å². The van der Waals surface area contributed by atoms with E-state index in [0.717, 1.165) is 55.1 Å². The second-order valence-electron chi connectivity index (χ2n) is 13.1. The first-order valence-electron chi connectivity index (χ1n) is 16.7. The number of hydrogen-bond acceptors (Lipinski definition) is 9. The van der Waals surface area contributed by atoms with Crippen molar-refractivity contribution in [3.63, 3.8) is 0 Å². The lowest BCUT2D eigenvalue weighted by molar-refractivity contribution is -0.000511. The summed E-state index contributed by atoms with van der Waals surface area (Å²) in [6.45, 7) is 5.65. The van der Waals surface area contributed by atoms with Crippen LogP contribution in [0.3, 0.4) is 0 Å². The molecule has 3 aliphatic rings. The summed E-state index contributed by atoms with van der Waals surface area (Å²) in [5.41, 5.74) is 5.75. The number of thiophene rings is 1. The molecule has 12 heteroatoms. The Balaban J connectivity index is 0.973. The van der Waals surface area contributed by atoms with E-state index in [1.165, 1.54) is 11.3 Å². The molecule has 1 spiro atoms. The van der Waals surface area contributed by atoms with Crippen LogP contribution in [-0.2, 0) is 11.2 Å². The molecular weight excluding hydrogens is 651 g/mol. The smallest absolute Gasteiger partial charge is 0.265 e. The van der Waals surface area contributed by atoms with Crippen LogP contribution >= 0.6 is 11.3 Å². The third kappa shape index (κ3) is 6.12. The number of pyridine rings is 3. The molecule has 1 aromatic carbocycles. The monoisotopic (exact) mass is 685 g/mol. The van der Waals surface area contributed by atoms with Gasteiger partial charge in [0, 0.05) is 80.0 Å². The Labute approximate surface area is 293 Å². The Morgan fingerprint density at radius 1 is 0.880 bits per heavy atom. The second-order valence-corrected chi connectivity index (χ2v) is 14.2. The minimum Gasteiger partial charge on any atom is -0.381 e. The number of nitrogens with zero attached hydrogens (tertiary/aromatic N) is 5. The Hall–Kier alpha value is -5.46. The summed E-state index contributed by atoms with van der Waals surface area (Å²) in [5, 5.41) is 5.93. The molecule has 3 amide bonds. The lowest BCUT2D eigenvalue weighted by Crippen LogP contribution is -2.59. The maximum Gasteiger partial charge on any atom is 0.265 e. The van der Waals surface area contributed by atoms with Gasteiger partial charge in [-0.1, -0.05) is 0 Å². The molecule has 0 radical (unpaired) electrons. The molecule has 4 aromatic heterocycles. The van der Waals surface area contributed by atoms with Crippen molar-refractivity contribution in [2.24, 2.45) is 5.41 Å². The van der Waals surface area contributed by atoms with Crippen LogP contribution in [0, 0.1) is 12.3 Å². The van der Waals surface area contributed by atoms with Gasteiger partial charge in [0.15, 0.2) is 0 Å². The number of aromatic nitrogens is 3. The van der Waals surface area contributed by atoms with Crippen LogP contribution in [-0.4, -0.2) is 65.5 Å². The number of nitrogens with one attached hydrogen (secondary N) is 2. The highest BCUT2D eigenvalue weighted by atomic mass is 32.1. The standard InChI is InChI=1S/C38H35N7O4S/c1-24-19-29(34(41-21-24)44-22-38(23-44)11-17-49-18-12-38)35(46)42-27-6-4-25(5-7-27)37(48)45-16-10-26-20-31(36(47)43-28-8-14-39-15-9-28)50-33(26)32-30(45)3-2-13-40-32/h2-9,13-15,19-21H,10-12,16-18,22-23H2,1H3,(H,42,46)(H,39,43,47). The largest absolute Gasteiger partial charge is 0.381 e. The molecule has 2 N–H and O–H groups in total. The average Bonchev–Trinajstić information content (AvgIpc) is 3.50. The number of rotatable bonds is 6. The van der Waals surface area contributed by atoms with Crippen LogP contribution < -0.4 is 20.4 Å². The van der Waals surface area contributed by atoms with Gasteiger partial charge in [-0.15, -0.1) is 11.3 Å². The van der Waals surface area contributed by atoms with Crippen molar-refractivity contribution >= 4 is 51.9 Å². The van der Waals surface area contributed by atoms with Crippen molar-refractivity contribution in [2.45, 2.75) is 26.2 Å². The van der Waals surface area contributed by atoms with Crippen LogP contribution in [0.15, 0.2) is 85.5 Å². The van der Waals surface area contributed by atoms with Gasteiger partial charge in [0.25, 0.3) is 17.7 Å². The normalized spacial score (nSPS) is 16.1. The third-order valence-electron chi connectivity index (χ3n) is 9.66. The van der Waals surface area contributed by atoms with E-state index in [-0.39, 0.29) is 23.1 Å². The van der Waals surface area contributed by atoms with E-state index >= 15 is 0 Å². The van der Waals surface area contributed by atoms with E-state index in [1.807, 2.05) is 31.2 Å². The van der Waals surface area contributed by atoms with Crippen molar-refractivity contribution in [1.29, 1.82) is 0 Å². The van der Waals surface area contributed by atoms with Gasteiger partial charge in [0.2, 0.25) is 0 Å². The summed E-state index contributed by atoms with van der Waals surface area (Å²) in [5.74, 6) is 0.0785. The lowest BCUT2D eigenvalue weighted by Gasteiger charge is -2.53. The quantitative estimate of drug-likeness (QED) is 0.215. The van der Waals surface area contributed by atoms with Crippen LogP contribution in [0.5, 0.6) is 0 Å². The fourth-order valence-electron chi connectivity index (χ4n) is 6.97. The second kappa shape index (κ2) is 13.1. The van der Waals surface area contributed by atoms with Gasteiger partial charge in [0.1, 0.15) is 11.5 Å². The highest BCUT2D eigenvalue weighted by Crippen LogP contribution is 2.43. The minimum absolute atomic E-state index is 0.173. The molecule has 3 aliphatic heterocycles. The highest BCUT2D eigenvalue weighted by Gasteiger charge is 2.45. The molecule has 0 bridgehead atoms. The van der Waals surface area contributed by atoms with Crippen LogP contribution in [0.2, 0.25) is 0 Å². The number of fused-ring (bicyclic) bond motifs is 3. The molecule has 50 heavy (non-hydrogen) atoms. The number of hydrogen-bond donors (Lipinski definition) is 2. The van der Waals surface area contributed by atoms with Crippen LogP contribution in [0.1, 0.15) is 54.4 Å². The van der Waals surface area contributed by atoms with E-state index in [2.05, 4.69) is 30.5 Å². The molecule has 11 nitrogen and oxygen atoms in total. The molecule has 0 unspecified atom stereocenters. The van der Waals surface area contributed by atoms with E-state index in [4.69, 9.17) is 4.74 Å². The van der Waals surface area contributed by atoms with Gasteiger partial charge in [0.05, 0.1) is 21.0 Å². The van der Waals surface area contributed by atoms with E-state index in [0.29, 0.717) is 57.5 Å². The summed E-state index contributed by atoms with van der Waals surface area (Å²) < 4.78 is 5.56. The number of carbonyl (C=O) groups is 3. The third-order valence-corrected chi connectivity index (χ3v) is 10.8. The average molecular weight is 686 g/mol. The van der Waals surface area contributed by atoms with Gasteiger partial charge < -0.3 is 25.2 Å². The van der Waals surface area contributed by atoms with Gasteiger partial charge >= 0.3 is 0 Å². The van der Waals surface area contributed by atoms with Gasteiger partial charge in [-0.2, -0.15) is 0 Å². The first-order chi connectivity index (χ1) is 24.4. The molecule has 252 valence electrons. The fraction of sp³-hybridized carbons (Fsp3) is 0.263. The van der Waals surface area contributed by atoms with E-state index in [1.54, 1.807) is 66.1 Å². The number of carbonyl (C=O) groups excluding carboxylic acids is 3. The predicted octanol–water partition coefficient (Wildman–Crippen LogP) is 6.23. The molecule has 8 rings (SSSR count). The molecule has 2 saturated heterocycles. The van der Waals surface area contributed by atoms with E-state index < -0.39 is 0 Å². The topological polar surface area (TPSA) is 130 Å². The van der Waals surface area contributed by atoms with Crippen molar-refractivity contribution in [3.05, 3.63) is 113 Å². The summed E-state index contributed by atoms with van der Waals surface area (Å²) >= 11 is 1.37. The maximum absolute atomic E-state index is 14.0. The maximum atomic E-state index is 14.0. The fourth-order valence-corrected chi connectivity index (χ4v) is 8.08. The number of aryl methyl sites for hydroxylation is 1. The summed E-state index contributed by atoms with van der Waals surface area (Å²) in [4.78, 5) is 59.3. The molecule has 0 aliphatic carbocycles. The molecule has 2 fully saturated rings. The number of ether oxygens (including phenoxy) is 1. The number of benzene rings is 1. The summed E-state index contributed by atoms with van der Waals surface area (Å²) in [6.07, 6.45) is 9.38. The lowest BCUT2D eigenvalue weighted by atomic mass is 9.73. The number of anilines is 4.